The summed E-state index contributed by atoms with van der Waals surface area (Å²) < 4.78 is 7.54. The summed E-state index contributed by atoms with van der Waals surface area (Å²) in [6, 6.07) is 7.90. The fourth-order valence-corrected chi connectivity index (χ4v) is 3.23. The Labute approximate surface area is 126 Å². The largest absolute Gasteiger partial charge is 0.497 e. The summed E-state index contributed by atoms with van der Waals surface area (Å²) in [6.07, 6.45) is 1.63. The van der Waals surface area contributed by atoms with Gasteiger partial charge in [0.2, 0.25) is 0 Å². The molecule has 3 aromatic rings. The third kappa shape index (κ3) is 2.34. The lowest BCUT2D eigenvalue weighted by atomic mass is 10.1. The Kier molecular flexibility index (Phi) is 3.51. The third-order valence-electron chi connectivity index (χ3n) is 3.46. The first kappa shape index (κ1) is 13.8. The molecule has 0 aliphatic rings. The minimum Gasteiger partial charge on any atom is -0.497 e. The highest BCUT2D eigenvalue weighted by Gasteiger charge is 2.13. The first-order chi connectivity index (χ1) is 10.1. The van der Waals surface area contributed by atoms with Crippen LogP contribution in [0.4, 0.5) is 0 Å². The van der Waals surface area contributed by atoms with Crippen LogP contribution >= 0.6 is 11.3 Å². The predicted molar refractivity (Wildman–Crippen MR) is 86.3 cm³/mol. The molecule has 0 fully saturated rings. The van der Waals surface area contributed by atoms with Crippen LogP contribution in [-0.2, 0) is 0 Å². The van der Waals surface area contributed by atoms with Crippen molar-refractivity contribution in [3.8, 4) is 16.9 Å². The Bertz CT molecular complexity index is 832. The maximum Gasteiger partial charge on any atom is 0.271 e. The Balaban J connectivity index is 2.16. The molecule has 0 saturated carbocycles. The fourth-order valence-electron chi connectivity index (χ4n) is 2.26. The van der Waals surface area contributed by atoms with Gasteiger partial charge >= 0.3 is 0 Å². The molecular weight excluding hydrogens is 284 g/mol. The number of hydrogen-bond acceptors (Lipinski definition) is 4. The van der Waals surface area contributed by atoms with Gasteiger partial charge in [-0.2, -0.15) is 0 Å². The zero-order valence-corrected chi connectivity index (χ0v) is 13.0. The van der Waals surface area contributed by atoms with Crippen molar-refractivity contribution < 1.29 is 4.74 Å². The predicted octanol–water partition coefficient (Wildman–Crippen LogP) is 3.71. The molecule has 2 aromatic heterocycles. The van der Waals surface area contributed by atoms with Gasteiger partial charge in [0.05, 0.1) is 19.0 Å². The van der Waals surface area contributed by atoms with E-state index in [1.807, 2.05) is 43.5 Å². The molecule has 0 radical (unpaired) electrons. The van der Waals surface area contributed by atoms with Gasteiger partial charge in [-0.1, -0.05) is 12.1 Å². The normalized spacial score (nSPS) is 11.2. The zero-order chi connectivity index (χ0) is 15.0. The molecule has 0 spiro atoms. The number of ether oxygens (including phenoxy) is 1. The smallest absolute Gasteiger partial charge is 0.271 e. The van der Waals surface area contributed by atoms with Gasteiger partial charge in [-0.25, -0.2) is 4.98 Å². The number of thiophene rings is 1. The van der Waals surface area contributed by atoms with Crippen LogP contribution in [0.1, 0.15) is 19.9 Å². The molecule has 0 amide bonds. The Morgan fingerprint density at radius 1 is 1.24 bits per heavy atom. The molecule has 5 heteroatoms. The first-order valence-electron chi connectivity index (χ1n) is 6.74. The van der Waals surface area contributed by atoms with E-state index in [9.17, 15) is 4.79 Å². The Hall–Kier alpha value is -2.14. The number of aromatic nitrogens is 2. The zero-order valence-electron chi connectivity index (χ0n) is 12.2. The van der Waals surface area contributed by atoms with Crippen LogP contribution in [0, 0.1) is 0 Å². The molecule has 108 valence electrons. The molecule has 0 N–H and O–H groups in total. The van der Waals surface area contributed by atoms with E-state index in [0.29, 0.717) is 4.70 Å². The average molecular weight is 300 g/mol. The molecule has 0 saturated heterocycles. The standard InChI is InChI=1S/C16H16N2O2S/c1-10(2)18-9-17-14-13(8-21-15(14)16(18)19)11-4-6-12(20-3)7-5-11/h4-10H,1-3H3. The van der Waals surface area contributed by atoms with Gasteiger partial charge < -0.3 is 4.74 Å². The van der Waals surface area contributed by atoms with Crippen LogP contribution in [0.2, 0.25) is 0 Å². The minimum absolute atomic E-state index is 0.0276. The van der Waals surface area contributed by atoms with E-state index in [0.717, 1.165) is 22.4 Å². The van der Waals surface area contributed by atoms with Crippen LogP contribution in [0.5, 0.6) is 5.75 Å². The molecule has 0 atom stereocenters. The monoisotopic (exact) mass is 300 g/mol. The van der Waals surface area contributed by atoms with Crippen molar-refractivity contribution in [2.24, 2.45) is 0 Å². The van der Waals surface area contributed by atoms with E-state index in [1.54, 1.807) is 18.0 Å². The molecule has 0 unspecified atom stereocenters. The first-order valence-corrected chi connectivity index (χ1v) is 7.62. The molecule has 3 rings (SSSR count). The lowest BCUT2D eigenvalue weighted by Crippen LogP contribution is -2.21. The molecule has 0 aliphatic carbocycles. The van der Waals surface area contributed by atoms with Crippen molar-refractivity contribution in [2.75, 3.05) is 7.11 Å². The minimum atomic E-state index is 0.0276. The van der Waals surface area contributed by atoms with Crippen LogP contribution in [-0.4, -0.2) is 16.7 Å². The van der Waals surface area contributed by atoms with Gasteiger partial charge in [-0.3, -0.25) is 9.36 Å². The molecule has 0 aliphatic heterocycles. The lowest BCUT2D eigenvalue weighted by molar-refractivity contribution is 0.415. The van der Waals surface area contributed by atoms with Gasteiger partial charge in [-0.15, -0.1) is 11.3 Å². The van der Waals surface area contributed by atoms with E-state index in [4.69, 9.17) is 4.74 Å². The van der Waals surface area contributed by atoms with Gasteiger partial charge in [0.15, 0.2) is 0 Å². The highest BCUT2D eigenvalue weighted by atomic mass is 32.1. The van der Waals surface area contributed by atoms with E-state index in [-0.39, 0.29) is 11.6 Å². The van der Waals surface area contributed by atoms with E-state index >= 15 is 0 Å². The van der Waals surface area contributed by atoms with Crippen molar-refractivity contribution >= 4 is 21.6 Å². The molecule has 21 heavy (non-hydrogen) atoms. The highest BCUT2D eigenvalue weighted by molar-refractivity contribution is 7.17. The van der Waals surface area contributed by atoms with Crippen molar-refractivity contribution in [2.45, 2.75) is 19.9 Å². The summed E-state index contributed by atoms with van der Waals surface area (Å²) in [5, 5.41) is 1.99. The van der Waals surface area contributed by atoms with Crippen molar-refractivity contribution in [1.29, 1.82) is 0 Å². The summed E-state index contributed by atoms with van der Waals surface area (Å²) in [5.74, 6) is 0.813. The maximum atomic E-state index is 12.4. The van der Waals surface area contributed by atoms with E-state index in [2.05, 4.69) is 4.98 Å². The second kappa shape index (κ2) is 5.33. The Morgan fingerprint density at radius 3 is 2.57 bits per heavy atom. The third-order valence-corrected chi connectivity index (χ3v) is 4.42. The van der Waals surface area contributed by atoms with Gasteiger partial charge in [0, 0.05) is 17.0 Å². The van der Waals surface area contributed by atoms with Gasteiger partial charge in [-0.05, 0) is 31.5 Å². The van der Waals surface area contributed by atoms with Gasteiger partial charge in [0.1, 0.15) is 10.4 Å². The van der Waals surface area contributed by atoms with Crippen molar-refractivity contribution in [3.63, 3.8) is 0 Å². The lowest BCUT2D eigenvalue weighted by Gasteiger charge is -2.08. The van der Waals surface area contributed by atoms with Crippen LogP contribution in [0.25, 0.3) is 21.3 Å². The van der Waals surface area contributed by atoms with Crippen molar-refractivity contribution in [3.05, 3.63) is 46.3 Å². The molecule has 4 nitrogen and oxygen atoms in total. The van der Waals surface area contributed by atoms with E-state index in [1.165, 1.54) is 11.3 Å². The number of hydrogen-bond donors (Lipinski definition) is 0. The topological polar surface area (TPSA) is 44.1 Å². The van der Waals surface area contributed by atoms with Crippen LogP contribution in [0.15, 0.2) is 40.8 Å². The SMILES string of the molecule is COc1ccc(-c2csc3c(=O)n(C(C)C)cnc23)cc1. The van der Waals surface area contributed by atoms with Crippen LogP contribution < -0.4 is 10.3 Å². The van der Waals surface area contributed by atoms with Crippen molar-refractivity contribution in [1.82, 2.24) is 9.55 Å². The number of benzene rings is 1. The number of nitrogens with zero attached hydrogens (tertiary/aromatic N) is 2. The second-order valence-corrected chi connectivity index (χ2v) is 5.99. The summed E-state index contributed by atoms with van der Waals surface area (Å²) in [5.41, 5.74) is 2.83. The number of fused-ring (bicyclic) bond motifs is 1. The summed E-state index contributed by atoms with van der Waals surface area (Å²) in [7, 11) is 1.64. The summed E-state index contributed by atoms with van der Waals surface area (Å²) in [4.78, 5) is 16.9. The average Bonchev–Trinajstić information content (AvgIpc) is 2.92. The molecular formula is C16H16N2O2S. The fraction of sp³-hybridized carbons (Fsp3) is 0.250. The highest BCUT2D eigenvalue weighted by Crippen LogP contribution is 2.31. The molecule has 0 bridgehead atoms. The molecule has 2 heterocycles. The summed E-state index contributed by atoms with van der Waals surface area (Å²) in [6.45, 7) is 3.96. The summed E-state index contributed by atoms with van der Waals surface area (Å²) >= 11 is 1.45. The number of methoxy groups -OCH3 is 1. The molecule has 1 aromatic carbocycles. The quantitative estimate of drug-likeness (QED) is 0.740. The number of rotatable bonds is 3. The maximum absolute atomic E-state index is 12.4. The van der Waals surface area contributed by atoms with E-state index < -0.39 is 0 Å². The Morgan fingerprint density at radius 2 is 1.95 bits per heavy atom. The van der Waals surface area contributed by atoms with Gasteiger partial charge in [0.25, 0.3) is 5.56 Å². The van der Waals surface area contributed by atoms with Crippen LogP contribution in [0.3, 0.4) is 0 Å². The second-order valence-electron chi connectivity index (χ2n) is 5.11.